The summed E-state index contributed by atoms with van der Waals surface area (Å²) in [6.07, 6.45) is 0. The van der Waals surface area contributed by atoms with E-state index >= 15 is 0 Å². The van der Waals surface area contributed by atoms with Crippen molar-refractivity contribution in [1.29, 1.82) is 0 Å². The van der Waals surface area contributed by atoms with Gasteiger partial charge in [0.2, 0.25) is 5.89 Å². The van der Waals surface area contributed by atoms with Crippen molar-refractivity contribution in [3.05, 3.63) is 46.6 Å². The molecule has 0 aliphatic rings. The normalized spacial score (nSPS) is 12.9. The van der Waals surface area contributed by atoms with Crippen molar-refractivity contribution < 1.29 is 4.52 Å². The van der Waals surface area contributed by atoms with E-state index in [-0.39, 0.29) is 12.0 Å². The Labute approximate surface area is 118 Å². The van der Waals surface area contributed by atoms with Gasteiger partial charge in [0.05, 0.1) is 6.54 Å². The van der Waals surface area contributed by atoms with Gasteiger partial charge in [-0.2, -0.15) is 4.98 Å². The number of rotatable bonds is 5. The van der Waals surface area contributed by atoms with Crippen LogP contribution in [0, 0.1) is 0 Å². The summed E-state index contributed by atoms with van der Waals surface area (Å²) in [7, 11) is 0. The van der Waals surface area contributed by atoms with Crippen molar-refractivity contribution in [2.45, 2.75) is 39.3 Å². The van der Waals surface area contributed by atoms with E-state index in [1.807, 2.05) is 38.1 Å². The highest BCUT2D eigenvalue weighted by Gasteiger charge is 2.11. The van der Waals surface area contributed by atoms with Crippen LogP contribution in [0.1, 0.15) is 50.0 Å². The molecule has 0 bridgehead atoms. The first-order chi connectivity index (χ1) is 9.06. The molecule has 0 amide bonds. The highest BCUT2D eigenvalue weighted by Crippen LogP contribution is 2.16. The smallest absolute Gasteiger partial charge is 0.240 e. The monoisotopic (exact) mass is 279 g/mol. The molecule has 0 fully saturated rings. The van der Waals surface area contributed by atoms with Crippen molar-refractivity contribution in [2.75, 3.05) is 0 Å². The summed E-state index contributed by atoms with van der Waals surface area (Å²) in [5, 5.41) is 8.03. The molecule has 0 spiro atoms. The molecule has 2 rings (SSSR count). The topological polar surface area (TPSA) is 51.0 Å². The average Bonchev–Trinajstić information content (AvgIpc) is 2.86. The van der Waals surface area contributed by atoms with Gasteiger partial charge in [0, 0.05) is 17.0 Å². The van der Waals surface area contributed by atoms with Crippen LogP contribution in [0.5, 0.6) is 0 Å². The van der Waals surface area contributed by atoms with Crippen LogP contribution in [-0.2, 0) is 6.54 Å². The Bertz CT molecular complexity index is 522. The van der Waals surface area contributed by atoms with Crippen LogP contribution in [0.15, 0.2) is 28.8 Å². The summed E-state index contributed by atoms with van der Waals surface area (Å²) < 4.78 is 5.19. The molecule has 0 aliphatic carbocycles. The average molecular weight is 280 g/mol. The Kier molecular flexibility index (Phi) is 4.56. The molecule has 1 N–H and O–H groups in total. The second kappa shape index (κ2) is 6.17. The quantitative estimate of drug-likeness (QED) is 0.907. The van der Waals surface area contributed by atoms with Crippen molar-refractivity contribution in [3.63, 3.8) is 0 Å². The zero-order valence-corrected chi connectivity index (χ0v) is 12.1. The van der Waals surface area contributed by atoms with Crippen molar-refractivity contribution in [1.82, 2.24) is 15.5 Å². The lowest BCUT2D eigenvalue weighted by molar-refractivity contribution is 0.355. The maximum absolute atomic E-state index is 5.87. The van der Waals surface area contributed by atoms with Gasteiger partial charge < -0.3 is 9.84 Å². The van der Waals surface area contributed by atoms with Gasteiger partial charge in [0.25, 0.3) is 0 Å². The SMILES string of the molecule is CC(C)c1noc(CNC(C)c2ccc(Cl)cc2)n1. The lowest BCUT2D eigenvalue weighted by Crippen LogP contribution is -2.18. The van der Waals surface area contributed by atoms with Gasteiger partial charge >= 0.3 is 0 Å². The molecule has 0 saturated heterocycles. The third-order valence-electron chi connectivity index (χ3n) is 2.93. The van der Waals surface area contributed by atoms with E-state index in [0.29, 0.717) is 12.4 Å². The highest BCUT2D eigenvalue weighted by molar-refractivity contribution is 6.30. The molecular weight excluding hydrogens is 262 g/mol. The van der Waals surface area contributed by atoms with Crippen LogP contribution in [0.25, 0.3) is 0 Å². The van der Waals surface area contributed by atoms with E-state index in [9.17, 15) is 0 Å². The molecule has 0 radical (unpaired) electrons. The molecule has 1 aromatic heterocycles. The van der Waals surface area contributed by atoms with Crippen LogP contribution in [-0.4, -0.2) is 10.1 Å². The molecule has 102 valence electrons. The number of hydrogen-bond acceptors (Lipinski definition) is 4. The number of aromatic nitrogens is 2. The molecule has 2 aromatic rings. The van der Waals surface area contributed by atoms with Crippen LogP contribution in [0.2, 0.25) is 5.02 Å². The highest BCUT2D eigenvalue weighted by atomic mass is 35.5. The molecule has 0 saturated carbocycles. The molecular formula is C14H18ClN3O. The number of halogens is 1. The summed E-state index contributed by atoms with van der Waals surface area (Å²) in [5.41, 5.74) is 1.17. The molecule has 1 aromatic carbocycles. The van der Waals surface area contributed by atoms with Crippen LogP contribution in [0.4, 0.5) is 0 Å². The van der Waals surface area contributed by atoms with E-state index < -0.39 is 0 Å². The van der Waals surface area contributed by atoms with Crippen molar-refractivity contribution in [3.8, 4) is 0 Å². The molecule has 4 nitrogen and oxygen atoms in total. The first kappa shape index (κ1) is 14.0. The lowest BCUT2D eigenvalue weighted by atomic mass is 10.1. The van der Waals surface area contributed by atoms with E-state index in [2.05, 4.69) is 22.4 Å². The summed E-state index contributed by atoms with van der Waals surface area (Å²) in [6.45, 7) is 6.73. The summed E-state index contributed by atoms with van der Waals surface area (Å²) in [6, 6.07) is 7.99. The minimum atomic E-state index is 0.201. The fourth-order valence-corrected chi connectivity index (χ4v) is 1.81. The summed E-state index contributed by atoms with van der Waals surface area (Å²) in [5.74, 6) is 1.65. The first-order valence-corrected chi connectivity index (χ1v) is 6.75. The standard InChI is InChI=1S/C14H18ClN3O/c1-9(2)14-17-13(19-18-14)8-16-10(3)11-4-6-12(15)7-5-11/h4-7,9-10,16H,8H2,1-3H3. The Morgan fingerprint density at radius 3 is 2.47 bits per heavy atom. The van der Waals surface area contributed by atoms with Crippen LogP contribution >= 0.6 is 11.6 Å². The summed E-state index contributed by atoms with van der Waals surface area (Å²) >= 11 is 5.87. The van der Waals surface area contributed by atoms with Crippen LogP contribution < -0.4 is 5.32 Å². The first-order valence-electron chi connectivity index (χ1n) is 6.37. The van der Waals surface area contributed by atoms with Gasteiger partial charge in [-0.15, -0.1) is 0 Å². The number of benzene rings is 1. The van der Waals surface area contributed by atoms with Gasteiger partial charge in [-0.25, -0.2) is 0 Å². The number of hydrogen-bond donors (Lipinski definition) is 1. The fourth-order valence-electron chi connectivity index (χ4n) is 1.68. The van der Waals surface area contributed by atoms with Gasteiger partial charge in [-0.05, 0) is 24.6 Å². The second-order valence-electron chi connectivity index (χ2n) is 4.86. The zero-order chi connectivity index (χ0) is 13.8. The lowest BCUT2D eigenvalue weighted by Gasteiger charge is -2.12. The second-order valence-corrected chi connectivity index (χ2v) is 5.29. The Balaban J connectivity index is 1.92. The third-order valence-corrected chi connectivity index (χ3v) is 3.18. The fraction of sp³-hybridized carbons (Fsp3) is 0.429. The maximum atomic E-state index is 5.87. The van der Waals surface area contributed by atoms with Gasteiger partial charge in [-0.3, -0.25) is 0 Å². The van der Waals surface area contributed by atoms with Gasteiger partial charge in [0.1, 0.15) is 0 Å². The van der Waals surface area contributed by atoms with Crippen LogP contribution in [0.3, 0.4) is 0 Å². The van der Waals surface area contributed by atoms with Gasteiger partial charge in [-0.1, -0.05) is 42.7 Å². The van der Waals surface area contributed by atoms with Gasteiger partial charge in [0.15, 0.2) is 5.82 Å². The molecule has 1 heterocycles. The summed E-state index contributed by atoms with van der Waals surface area (Å²) in [4.78, 5) is 4.33. The van der Waals surface area contributed by atoms with E-state index in [4.69, 9.17) is 16.1 Å². The number of nitrogens with zero attached hydrogens (tertiary/aromatic N) is 2. The largest absolute Gasteiger partial charge is 0.338 e. The molecule has 5 heteroatoms. The zero-order valence-electron chi connectivity index (χ0n) is 11.4. The Morgan fingerprint density at radius 2 is 1.89 bits per heavy atom. The minimum Gasteiger partial charge on any atom is -0.338 e. The maximum Gasteiger partial charge on any atom is 0.240 e. The third kappa shape index (κ3) is 3.78. The van der Waals surface area contributed by atoms with Crippen molar-refractivity contribution in [2.24, 2.45) is 0 Å². The van der Waals surface area contributed by atoms with E-state index in [1.165, 1.54) is 5.56 Å². The molecule has 0 aliphatic heterocycles. The minimum absolute atomic E-state index is 0.201. The predicted octanol–water partition coefficient (Wildman–Crippen LogP) is 3.70. The molecule has 19 heavy (non-hydrogen) atoms. The molecule has 1 atom stereocenters. The Hall–Kier alpha value is -1.39. The van der Waals surface area contributed by atoms with E-state index in [1.54, 1.807) is 0 Å². The van der Waals surface area contributed by atoms with Crippen molar-refractivity contribution >= 4 is 11.6 Å². The Morgan fingerprint density at radius 1 is 1.21 bits per heavy atom. The number of nitrogens with one attached hydrogen (secondary N) is 1. The predicted molar refractivity (Wildman–Crippen MR) is 75.1 cm³/mol. The molecule has 1 unspecified atom stereocenters. The van der Waals surface area contributed by atoms with E-state index in [0.717, 1.165) is 10.8 Å².